The Bertz CT molecular complexity index is 769. The van der Waals surface area contributed by atoms with E-state index in [9.17, 15) is 23.6 Å². The molecule has 0 radical (unpaired) electrons. The lowest BCUT2D eigenvalue weighted by molar-refractivity contribution is -0.125. The van der Waals surface area contributed by atoms with Gasteiger partial charge in [-0.15, -0.1) is 0 Å². The Hall–Kier alpha value is -1.75. The van der Waals surface area contributed by atoms with Crippen molar-refractivity contribution in [1.82, 2.24) is 15.1 Å². The minimum Gasteiger partial charge on any atom is -0.328 e. The third kappa shape index (κ3) is 5.41. The zero-order chi connectivity index (χ0) is 23.1. The number of nitrogens with zero attached hydrogens (tertiary/aromatic N) is 3. The van der Waals surface area contributed by atoms with Gasteiger partial charge in [0.15, 0.2) is 5.78 Å². The lowest BCUT2D eigenvalue weighted by atomic mass is 9.72. The first kappa shape index (κ1) is 23.4. The highest BCUT2D eigenvalue weighted by molar-refractivity contribution is 5.89. The summed E-state index contributed by atoms with van der Waals surface area (Å²) in [4.78, 5) is 29.9. The molecule has 2 amide bonds. The number of likely N-dealkylation sites (tertiary alicyclic amines) is 2. The van der Waals surface area contributed by atoms with Gasteiger partial charge >= 0.3 is 6.03 Å². The monoisotopic (exact) mass is 450 g/mol. The maximum Gasteiger partial charge on any atom is 0.318 e. The Morgan fingerprint density at radius 3 is 2.25 bits per heavy atom. The first-order chi connectivity index (χ1) is 15.0. The molecule has 178 valence electrons. The van der Waals surface area contributed by atoms with Crippen molar-refractivity contribution in [3.8, 4) is 6.07 Å². The van der Waals surface area contributed by atoms with Gasteiger partial charge in [-0.05, 0) is 57.5 Å². The number of hydrogen-bond acceptors (Lipinski definition) is 4. The summed E-state index contributed by atoms with van der Waals surface area (Å²) in [6, 6.07) is 1.23. The van der Waals surface area contributed by atoms with Crippen LogP contribution < -0.4 is 5.32 Å². The maximum atomic E-state index is 14.6. The Morgan fingerprint density at radius 1 is 1.12 bits per heavy atom. The molecule has 1 N–H and O–H groups in total. The summed E-state index contributed by atoms with van der Waals surface area (Å²) in [6.45, 7) is 6.82. The molecular formula is C24H36F2N4O2. The predicted molar refractivity (Wildman–Crippen MR) is 116 cm³/mol. The van der Waals surface area contributed by atoms with E-state index < -0.39 is 35.6 Å². The van der Waals surface area contributed by atoms with Gasteiger partial charge in [0, 0.05) is 43.8 Å². The van der Waals surface area contributed by atoms with Crippen LogP contribution in [0.1, 0.15) is 71.6 Å². The standard InChI is InChI=1S/C24H36F2N4O2/c1-17(2)11-24(25,26)12-19(20(31)13-22(14-27)5-6-22)28-21(32)30-15-23(16-30)7-9-29(10-8-23)18-3-4-18/h17-19H,3-13,15-16H2,1-2H3,(H,28,32)/t19-/m0/s1. The van der Waals surface area contributed by atoms with Crippen LogP contribution in [-0.2, 0) is 4.79 Å². The fourth-order valence-corrected chi connectivity index (χ4v) is 5.43. The average molecular weight is 451 g/mol. The van der Waals surface area contributed by atoms with E-state index in [4.69, 9.17) is 0 Å². The number of urea groups is 1. The van der Waals surface area contributed by atoms with Crippen LogP contribution in [0.15, 0.2) is 0 Å². The molecule has 6 nitrogen and oxygen atoms in total. The number of nitriles is 1. The van der Waals surface area contributed by atoms with Crippen LogP contribution in [0.4, 0.5) is 13.6 Å². The Morgan fingerprint density at radius 2 is 1.75 bits per heavy atom. The van der Waals surface area contributed by atoms with Crippen LogP contribution in [0.2, 0.25) is 0 Å². The molecule has 2 aliphatic carbocycles. The molecule has 0 aromatic rings. The van der Waals surface area contributed by atoms with E-state index in [2.05, 4.69) is 16.3 Å². The predicted octanol–water partition coefficient (Wildman–Crippen LogP) is 3.96. The van der Waals surface area contributed by atoms with Crippen LogP contribution in [0.5, 0.6) is 0 Å². The van der Waals surface area contributed by atoms with Crippen LogP contribution in [0, 0.1) is 28.1 Å². The van der Waals surface area contributed by atoms with E-state index in [1.54, 1.807) is 18.7 Å². The molecule has 4 fully saturated rings. The lowest BCUT2D eigenvalue weighted by Gasteiger charge is -2.54. The molecule has 1 atom stereocenters. The van der Waals surface area contributed by atoms with Crippen molar-refractivity contribution >= 4 is 11.8 Å². The van der Waals surface area contributed by atoms with Crippen molar-refractivity contribution in [3.63, 3.8) is 0 Å². The van der Waals surface area contributed by atoms with E-state index in [1.807, 2.05) is 0 Å². The second-order valence-electron chi connectivity index (χ2n) is 11.3. The van der Waals surface area contributed by atoms with Gasteiger partial charge in [-0.1, -0.05) is 13.8 Å². The van der Waals surface area contributed by atoms with E-state index in [0.29, 0.717) is 25.9 Å². The molecular weight excluding hydrogens is 414 g/mol. The highest BCUT2D eigenvalue weighted by atomic mass is 19.3. The summed E-state index contributed by atoms with van der Waals surface area (Å²) in [5, 5.41) is 11.9. The fraction of sp³-hybridized carbons (Fsp3) is 0.875. The molecule has 0 aromatic carbocycles. The number of piperidine rings is 1. The molecule has 2 saturated heterocycles. The zero-order valence-corrected chi connectivity index (χ0v) is 19.3. The van der Waals surface area contributed by atoms with Crippen LogP contribution in [0.3, 0.4) is 0 Å². The highest BCUT2D eigenvalue weighted by Crippen LogP contribution is 2.49. The molecule has 2 aliphatic heterocycles. The lowest BCUT2D eigenvalue weighted by Crippen LogP contribution is -2.65. The third-order valence-electron chi connectivity index (χ3n) is 7.76. The molecule has 0 bridgehead atoms. The zero-order valence-electron chi connectivity index (χ0n) is 19.3. The van der Waals surface area contributed by atoms with E-state index >= 15 is 0 Å². The van der Waals surface area contributed by atoms with Crippen molar-refractivity contribution < 1.29 is 18.4 Å². The van der Waals surface area contributed by atoms with E-state index in [1.165, 1.54) is 12.8 Å². The number of halogens is 2. The Labute approximate surface area is 189 Å². The van der Waals surface area contributed by atoms with Gasteiger partial charge in [0.25, 0.3) is 5.92 Å². The van der Waals surface area contributed by atoms with Gasteiger partial charge in [0.05, 0.1) is 17.5 Å². The van der Waals surface area contributed by atoms with E-state index in [-0.39, 0.29) is 24.2 Å². The number of alkyl halides is 2. The van der Waals surface area contributed by atoms with Gasteiger partial charge in [-0.25, -0.2) is 13.6 Å². The first-order valence-electron chi connectivity index (χ1n) is 12.2. The van der Waals surface area contributed by atoms with Gasteiger partial charge in [0.2, 0.25) is 0 Å². The summed E-state index contributed by atoms with van der Waals surface area (Å²) in [5.74, 6) is -3.72. The van der Waals surface area contributed by atoms with Gasteiger partial charge in [-0.3, -0.25) is 4.79 Å². The summed E-state index contributed by atoms with van der Waals surface area (Å²) in [7, 11) is 0. The maximum absolute atomic E-state index is 14.6. The van der Waals surface area contributed by atoms with Gasteiger partial charge in [0.1, 0.15) is 0 Å². The number of hydrogen-bond donors (Lipinski definition) is 1. The van der Waals surface area contributed by atoms with Crippen molar-refractivity contribution in [2.45, 2.75) is 89.6 Å². The Balaban J connectivity index is 1.33. The largest absolute Gasteiger partial charge is 0.328 e. The number of carbonyl (C=O) groups is 2. The number of Topliss-reactive ketones (excluding diaryl/α,β-unsaturated/α-hetero) is 1. The minimum atomic E-state index is -3.04. The molecule has 32 heavy (non-hydrogen) atoms. The molecule has 0 aromatic heterocycles. The molecule has 2 heterocycles. The van der Waals surface area contributed by atoms with Gasteiger partial charge < -0.3 is 15.1 Å². The molecule has 4 rings (SSSR count). The second-order valence-corrected chi connectivity index (χ2v) is 11.3. The van der Waals surface area contributed by atoms with Crippen LogP contribution in [-0.4, -0.2) is 65.8 Å². The van der Waals surface area contributed by atoms with Crippen molar-refractivity contribution in [3.05, 3.63) is 0 Å². The summed E-state index contributed by atoms with van der Waals surface area (Å²) in [6.07, 6.45) is 4.85. The number of rotatable bonds is 9. The normalized spacial score (nSPS) is 25.2. The number of ketones is 1. The summed E-state index contributed by atoms with van der Waals surface area (Å²) >= 11 is 0. The first-order valence-corrected chi connectivity index (χ1v) is 12.2. The third-order valence-corrected chi connectivity index (χ3v) is 7.76. The number of carbonyl (C=O) groups excluding carboxylic acids is 2. The number of amides is 2. The summed E-state index contributed by atoms with van der Waals surface area (Å²) in [5.41, 5.74) is -0.577. The molecule has 8 heteroatoms. The molecule has 1 spiro atoms. The average Bonchev–Trinajstić information content (AvgIpc) is 3.59. The quantitative estimate of drug-likeness (QED) is 0.577. The van der Waals surface area contributed by atoms with E-state index in [0.717, 1.165) is 32.0 Å². The summed E-state index contributed by atoms with van der Waals surface area (Å²) < 4.78 is 29.1. The molecule has 2 saturated carbocycles. The van der Waals surface area contributed by atoms with Crippen molar-refractivity contribution in [2.75, 3.05) is 26.2 Å². The fourth-order valence-electron chi connectivity index (χ4n) is 5.43. The number of nitrogens with one attached hydrogen (secondary N) is 1. The van der Waals surface area contributed by atoms with Crippen molar-refractivity contribution in [2.24, 2.45) is 16.7 Å². The van der Waals surface area contributed by atoms with Crippen molar-refractivity contribution in [1.29, 1.82) is 5.26 Å². The van der Waals surface area contributed by atoms with Gasteiger partial charge in [-0.2, -0.15) is 5.26 Å². The minimum absolute atomic E-state index is 0.0624. The topological polar surface area (TPSA) is 76.4 Å². The smallest absolute Gasteiger partial charge is 0.318 e. The van der Waals surface area contributed by atoms with Crippen LogP contribution in [0.25, 0.3) is 0 Å². The highest BCUT2D eigenvalue weighted by Gasteiger charge is 2.50. The second kappa shape index (κ2) is 8.55. The van der Waals surface area contributed by atoms with Crippen LogP contribution >= 0.6 is 0 Å². The Kier molecular flexibility index (Phi) is 6.26. The SMILES string of the molecule is CC(C)CC(F)(F)C[C@H](NC(=O)N1CC2(CCN(C3CC3)CC2)C1)C(=O)CC1(C#N)CC1. The molecule has 4 aliphatic rings. The molecule has 0 unspecified atom stereocenters.